The van der Waals surface area contributed by atoms with Crippen LogP contribution in [0.1, 0.15) is 5.69 Å². The molecule has 0 unspecified atom stereocenters. The van der Waals surface area contributed by atoms with E-state index in [0.29, 0.717) is 0 Å². The summed E-state index contributed by atoms with van der Waals surface area (Å²) in [5.41, 5.74) is 0.837. The molecule has 0 spiro atoms. The minimum Gasteiger partial charge on any atom is -0.448 e. The highest BCUT2D eigenvalue weighted by atomic mass is 16.5. The summed E-state index contributed by atoms with van der Waals surface area (Å²) >= 11 is 0. The number of ether oxygens (including phenoxy) is 1. The van der Waals surface area contributed by atoms with Crippen molar-refractivity contribution in [1.29, 1.82) is 0 Å². The second kappa shape index (κ2) is 3.80. The van der Waals surface area contributed by atoms with E-state index in [1.165, 1.54) is 0 Å². The lowest BCUT2D eigenvalue weighted by Gasteiger charge is -1.99. The Balaban J connectivity index is 3.04. The van der Waals surface area contributed by atoms with Gasteiger partial charge in [0.1, 0.15) is 7.05 Å². The van der Waals surface area contributed by atoms with E-state index in [0.717, 1.165) is 11.6 Å². The fourth-order valence-electron chi connectivity index (χ4n) is 1.04. The molecule has 0 saturated heterocycles. The third-order valence-corrected chi connectivity index (χ3v) is 1.72. The Bertz CT molecular complexity index is 286. The van der Waals surface area contributed by atoms with Crippen LogP contribution in [0.2, 0.25) is 0 Å². The molecule has 4 nitrogen and oxygen atoms in total. The summed E-state index contributed by atoms with van der Waals surface area (Å²) in [7, 11) is 3.42. The van der Waals surface area contributed by atoms with Crippen LogP contribution in [0.4, 0.5) is 0 Å². The molecule has 0 aliphatic rings. The molecule has 1 heterocycles. The number of hydrogen-bond donors (Lipinski definition) is 0. The van der Waals surface area contributed by atoms with Gasteiger partial charge in [0, 0.05) is 6.07 Å². The van der Waals surface area contributed by atoms with Crippen molar-refractivity contribution in [1.82, 2.24) is 0 Å². The van der Waals surface area contributed by atoms with Crippen LogP contribution in [0.25, 0.3) is 0 Å². The average Bonchev–Trinajstić information content (AvgIpc) is 2.09. The van der Waals surface area contributed by atoms with E-state index in [1.54, 1.807) is 11.7 Å². The van der Waals surface area contributed by atoms with Gasteiger partial charge in [-0.1, -0.05) is 5.18 Å². The monoisotopic (exact) mass is 167 g/mol. The fraction of sp³-hybridized carbons (Fsp3) is 0.375. The molecule has 0 atom stereocenters. The summed E-state index contributed by atoms with van der Waals surface area (Å²) in [6.07, 6.45) is 0. The Kier molecular flexibility index (Phi) is 2.74. The first-order chi connectivity index (χ1) is 5.79. The molecule has 64 valence electrons. The average molecular weight is 167 g/mol. The zero-order chi connectivity index (χ0) is 8.97. The molecular weight excluding hydrogens is 156 g/mol. The predicted octanol–water partition coefficient (Wildman–Crippen LogP) is 0.786. The van der Waals surface area contributed by atoms with Gasteiger partial charge in [-0.25, -0.2) is 0 Å². The molecule has 0 amide bonds. The van der Waals surface area contributed by atoms with Gasteiger partial charge in [-0.05, 0) is 6.07 Å². The number of nitrogens with zero attached hydrogens (tertiary/aromatic N) is 2. The summed E-state index contributed by atoms with van der Waals surface area (Å²) in [6.45, 7) is 0.174. The van der Waals surface area contributed by atoms with Crippen molar-refractivity contribution in [3.05, 3.63) is 28.8 Å². The highest BCUT2D eigenvalue weighted by Crippen LogP contribution is 2.03. The molecule has 0 aliphatic carbocycles. The normalized spacial score (nSPS) is 9.50. The lowest BCUT2D eigenvalue weighted by atomic mass is 10.3. The molecule has 1 aromatic rings. The highest BCUT2D eigenvalue weighted by molar-refractivity contribution is 5.07. The van der Waals surface area contributed by atoms with Crippen LogP contribution in [-0.2, 0) is 13.6 Å². The quantitative estimate of drug-likeness (QED) is 0.493. The Morgan fingerprint density at radius 3 is 2.92 bits per heavy atom. The van der Waals surface area contributed by atoms with E-state index in [1.807, 2.05) is 25.2 Å². The van der Waals surface area contributed by atoms with E-state index >= 15 is 0 Å². The zero-order valence-electron chi connectivity index (χ0n) is 7.15. The van der Waals surface area contributed by atoms with Gasteiger partial charge in [0.25, 0.3) is 0 Å². The van der Waals surface area contributed by atoms with Gasteiger partial charge >= 0.3 is 5.88 Å². The van der Waals surface area contributed by atoms with Gasteiger partial charge in [-0.15, -0.1) is 0 Å². The van der Waals surface area contributed by atoms with Crippen molar-refractivity contribution in [2.75, 3.05) is 7.11 Å². The fourth-order valence-corrected chi connectivity index (χ4v) is 1.04. The van der Waals surface area contributed by atoms with Gasteiger partial charge in [0.2, 0.25) is 5.69 Å². The Morgan fingerprint density at radius 2 is 2.33 bits per heavy atom. The molecular formula is C8H11N2O2+. The Labute approximate surface area is 70.8 Å². The lowest BCUT2D eigenvalue weighted by Crippen LogP contribution is -2.34. The maximum Gasteiger partial charge on any atom is 0.367 e. The van der Waals surface area contributed by atoms with Crippen LogP contribution >= 0.6 is 0 Å². The third-order valence-electron chi connectivity index (χ3n) is 1.72. The second-order valence-electron chi connectivity index (χ2n) is 2.41. The van der Waals surface area contributed by atoms with Gasteiger partial charge in [-0.2, -0.15) is 9.47 Å². The van der Waals surface area contributed by atoms with Crippen LogP contribution in [-0.4, -0.2) is 7.11 Å². The maximum atomic E-state index is 10.0. The number of nitroso groups, excluding NO2 is 1. The lowest BCUT2D eigenvalue weighted by molar-refractivity contribution is -0.684. The van der Waals surface area contributed by atoms with Crippen LogP contribution in [0.15, 0.2) is 23.4 Å². The molecule has 0 saturated carbocycles. The van der Waals surface area contributed by atoms with Crippen molar-refractivity contribution < 1.29 is 9.30 Å². The first-order valence-corrected chi connectivity index (χ1v) is 3.60. The summed E-state index contributed by atoms with van der Waals surface area (Å²) in [5, 5.41) is 2.82. The molecule has 4 heteroatoms. The number of rotatable bonds is 3. The molecule has 0 aliphatic heterocycles. The minimum atomic E-state index is 0.174. The summed E-state index contributed by atoms with van der Waals surface area (Å²) in [6, 6.07) is 5.50. The van der Waals surface area contributed by atoms with Crippen LogP contribution in [0.5, 0.6) is 5.88 Å². The maximum absolute atomic E-state index is 10.0. The van der Waals surface area contributed by atoms with E-state index < -0.39 is 0 Å². The van der Waals surface area contributed by atoms with E-state index in [4.69, 9.17) is 4.74 Å². The standard InChI is InChI=1S/C8H11N2O2/c1-10-7(6-9-11)4-3-5-8(10)12-2/h3-5H,6H2,1-2H3/q+1. The summed E-state index contributed by atoms with van der Waals surface area (Å²) < 4.78 is 6.84. The smallest absolute Gasteiger partial charge is 0.367 e. The first kappa shape index (κ1) is 8.64. The van der Waals surface area contributed by atoms with E-state index in [-0.39, 0.29) is 6.54 Å². The van der Waals surface area contributed by atoms with Gasteiger partial charge in [0.15, 0.2) is 6.54 Å². The zero-order valence-corrected chi connectivity index (χ0v) is 7.15. The predicted molar refractivity (Wildman–Crippen MR) is 43.7 cm³/mol. The second-order valence-corrected chi connectivity index (χ2v) is 2.41. The van der Waals surface area contributed by atoms with Gasteiger partial charge in [-0.3, -0.25) is 0 Å². The van der Waals surface area contributed by atoms with Crippen LogP contribution < -0.4 is 9.30 Å². The first-order valence-electron chi connectivity index (χ1n) is 3.60. The molecule has 1 rings (SSSR count). The topological polar surface area (TPSA) is 42.5 Å². The largest absolute Gasteiger partial charge is 0.448 e. The highest BCUT2D eigenvalue weighted by Gasteiger charge is 2.11. The molecule has 0 fully saturated rings. The van der Waals surface area contributed by atoms with Crippen molar-refractivity contribution in [3.8, 4) is 5.88 Å². The van der Waals surface area contributed by atoms with Crippen molar-refractivity contribution >= 4 is 0 Å². The number of aromatic nitrogens is 1. The van der Waals surface area contributed by atoms with Gasteiger partial charge in [0.05, 0.1) is 13.2 Å². The van der Waals surface area contributed by atoms with Gasteiger partial charge < -0.3 is 4.74 Å². The summed E-state index contributed by atoms with van der Waals surface area (Å²) in [5.74, 6) is 0.719. The minimum absolute atomic E-state index is 0.174. The van der Waals surface area contributed by atoms with E-state index in [9.17, 15) is 4.91 Å². The van der Waals surface area contributed by atoms with Crippen LogP contribution in [0.3, 0.4) is 0 Å². The van der Waals surface area contributed by atoms with Crippen molar-refractivity contribution in [2.45, 2.75) is 6.54 Å². The molecule has 12 heavy (non-hydrogen) atoms. The molecule has 0 radical (unpaired) electrons. The number of hydrogen-bond acceptors (Lipinski definition) is 3. The van der Waals surface area contributed by atoms with Crippen molar-refractivity contribution in [2.24, 2.45) is 12.2 Å². The molecule has 0 aromatic carbocycles. The molecule has 0 N–H and O–H groups in total. The van der Waals surface area contributed by atoms with Crippen LogP contribution in [0, 0.1) is 4.91 Å². The molecule has 1 aromatic heterocycles. The number of methoxy groups -OCH3 is 1. The SMILES string of the molecule is COc1cccc(CN=O)[n+]1C. The van der Waals surface area contributed by atoms with E-state index in [2.05, 4.69) is 5.18 Å². The molecule has 0 bridgehead atoms. The third kappa shape index (κ3) is 1.58. The Hall–Kier alpha value is -1.45. The number of pyridine rings is 1. The Morgan fingerprint density at radius 1 is 1.58 bits per heavy atom. The summed E-state index contributed by atoms with van der Waals surface area (Å²) in [4.78, 5) is 10.0. The van der Waals surface area contributed by atoms with Crippen molar-refractivity contribution in [3.63, 3.8) is 0 Å².